The lowest BCUT2D eigenvalue weighted by atomic mass is 10.0. The number of anilines is 1. The van der Waals surface area contributed by atoms with Crippen LogP contribution in [0.2, 0.25) is 0 Å². The number of halogens is 2. The van der Waals surface area contributed by atoms with Gasteiger partial charge < -0.3 is 10.2 Å². The zero-order valence-corrected chi connectivity index (χ0v) is 11.6. The van der Waals surface area contributed by atoms with E-state index in [1.807, 2.05) is 31.4 Å². The fourth-order valence-electron chi connectivity index (χ4n) is 1.60. The van der Waals surface area contributed by atoms with Crippen molar-refractivity contribution < 1.29 is 0 Å². The van der Waals surface area contributed by atoms with E-state index >= 15 is 0 Å². The lowest BCUT2D eigenvalue weighted by Crippen LogP contribution is -2.20. The molecule has 0 atom stereocenters. The van der Waals surface area contributed by atoms with Gasteiger partial charge in [-0.25, -0.2) is 9.97 Å². The topological polar surface area (TPSA) is 41.1 Å². The largest absolute Gasteiger partial charge is 0.347 e. The maximum absolute atomic E-state index is 4.31. The molecule has 6 heteroatoms. The van der Waals surface area contributed by atoms with E-state index in [1.165, 1.54) is 5.57 Å². The smallest absolute Gasteiger partial charge is 0.224 e. The predicted molar refractivity (Wildman–Crippen MR) is 76.3 cm³/mol. The Hall–Kier alpha value is -0.840. The van der Waals surface area contributed by atoms with E-state index in [4.69, 9.17) is 0 Å². The van der Waals surface area contributed by atoms with Crippen LogP contribution < -0.4 is 10.2 Å². The van der Waals surface area contributed by atoms with E-state index in [2.05, 4.69) is 21.4 Å². The molecular weight excluding hydrogens is 259 g/mol. The van der Waals surface area contributed by atoms with Crippen molar-refractivity contribution in [3.05, 3.63) is 24.0 Å². The van der Waals surface area contributed by atoms with Gasteiger partial charge in [0.1, 0.15) is 0 Å². The molecule has 17 heavy (non-hydrogen) atoms. The SMILES string of the molecule is CN(C)c1ncc(C2=CCNCC2)cn1.Cl.Cl. The first-order chi connectivity index (χ1) is 7.27. The van der Waals surface area contributed by atoms with Crippen LogP contribution in [0.15, 0.2) is 18.5 Å². The average molecular weight is 277 g/mol. The Balaban J connectivity index is 0.00000128. The van der Waals surface area contributed by atoms with Crippen LogP contribution in [-0.4, -0.2) is 37.2 Å². The van der Waals surface area contributed by atoms with Crippen molar-refractivity contribution in [2.75, 3.05) is 32.1 Å². The monoisotopic (exact) mass is 276 g/mol. The number of aromatic nitrogens is 2. The van der Waals surface area contributed by atoms with Crippen molar-refractivity contribution in [3.63, 3.8) is 0 Å². The molecule has 0 radical (unpaired) electrons. The Morgan fingerprint density at radius 3 is 2.29 bits per heavy atom. The highest BCUT2D eigenvalue weighted by Gasteiger charge is 2.07. The summed E-state index contributed by atoms with van der Waals surface area (Å²) in [7, 11) is 3.89. The molecule has 0 bridgehead atoms. The first-order valence-corrected chi connectivity index (χ1v) is 5.17. The number of nitrogens with zero attached hydrogens (tertiary/aromatic N) is 3. The molecule has 1 aromatic rings. The van der Waals surface area contributed by atoms with Crippen molar-refractivity contribution in [1.82, 2.24) is 15.3 Å². The molecule has 4 nitrogen and oxygen atoms in total. The average Bonchev–Trinajstić information content (AvgIpc) is 2.30. The highest BCUT2D eigenvalue weighted by Crippen LogP contribution is 2.18. The maximum Gasteiger partial charge on any atom is 0.224 e. The maximum atomic E-state index is 4.31. The summed E-state index contributed by atoms with van der Waals surface area (Å²) in [4.78, 5) is 10.5. The summed E-state index contributed by atoms with van der Waals surface area (Å²) in [5, 5.41) is 3.29. The molecule has 0 saturated carbocycles. The summed E-state index contributed by atoms with van der Waals surface area (Å²) in [5.41, 5.74) is 2.49. The molecule has 0 fully saturated rings. The van der Waals surface area contributed by atoms with Crippen LogP contribution in [0.25, 0.3) is 5.57 Å². The zero-order valence-electron chi connectivity index (χ0n) is 10.0. The van der Waals surface area contributed by atoms with Gasteiger partial charge in [-0.05, 0) is 18.5 Å². The Morgan fingerprint density at radius 1 is 1.18 bits per heavy atom. The third kappa shape index (κ3) is 4.15. The normalized spacial score (nSPS) is 14.1. The van der Waals surface area contributed by atoms with Gasteiger partial charge in [0.05, 0.1) is 0 Å². The van der Waals surface area contributed by atoms with Gasteiger partial charge in [0.15, 0.2) is 0 Å². The molecule has 1 aliphatic rings. The molecular formula is C11H18Cl2N4. The fourth-order valence-corrected chi connectivity index (χ4v) is 1.60. The molecule has 0 unspecified atom stereocenters. The van der Waals surface area contributed by atoms with Crippen LogP contribution in [0.3, 0.4) is 0 Å². The Labute approximate surface area is 114 Å². The molecule has 2 rings (SSSR count). The molecule has 0 aliphatic carbocycles. The lowest BCUT2D eigenvalue weighted by molar-refractivity contribution is 0.738. The van der Waals surface area contributed by atoms with Gasteiger partial charge in [0.25, 0.3) is 0 Å². The van der Waals surface area contributed by atoms with E-state index in [-0.39, 0.29) is 24.8 Å². The summed E-state index contributed by atoms with van der Waals surface area (Å²) >= 11 is 0. The van der Waals surface area contributed by atoms with E-state index in [0.29, 0.717) is 0 Å². The summed E-state index contributed by atoms with van der Waals surface area (Å²) in [5.74, 6) is 0.758. The van der Waals surface area contributed by atoms with Crippen molar-refractivity contribution in [3.8, 4) is 0 Å². The molecule has 1 aliphatic heterocycles. The first kappa shape index (κ1) is 16.2. The van der Waals surface area contributed by atoms with Gasteiger partial charge in [-0.15, -0.1) is 24.8 Å². The van der Waals surface area contributed by atoms with Crippen LogP contribution in [0.5, 0.6) is 0 Å². The summed E-state index contributed by atoms with van der Waals surface area (Å²) < 4.78 is 0. The van der Waals surface area contributed by atoms with E-state index in [9.17, 15) is 0 Å². The third-order valence-electron chi connectivity index (χ3n) is 2.47. The Bertz CT molecular complexity index is 362. The molecule has 2 heterocycles. The van der Waals surface area contributed by atoms with Gasteiger partial charge in [-0.1, -0.05) is 6.08 Å². The van der Waals surface area contributed by atoms with Gasteiger partial charge in [-0.2, -0.15) is 0 Å². The van der Waals surface area contributed by atoms with Crippen molar-refractivity contribution >= 4 is 36.3 Å². The van der Waals surface area contributed by atoms with Crippen molar-refractivity contribution in [2.24, 2.45) is 0 Å². The minimum atomic E-state index is 0. The molecule has 0 aromatic carbocycles. The highest BCUT2D eigenvalue weighted by molar-refractivity contribution is 5.85. The van der Waals surface area contributed by atoms with Crippen molar-refractivity contribution in [1.29, 1.82) is 0 Å². The highest BCUT2D eigenvalue weighted by atomic mass is 35.5. The third-order valence-corrected chi connectivity index (χ3v) is 2.47. The van der Waals surface area contributed by atoms with E-state index in [0.717, 1.165) is 31.0 Å². The van der Waals surface area contributed by atoms with Crippen LogP contribution in [-0.2, 0) is 0 Å². The molecule has 1 aromatic heterocycles. The summed E-state index contributed by atoms with van der Waals surface area (Å²) in [6, 6.07) is 0. The van der Waals surface area contributed by atoms with Crippen LogP contribution >= 0.6 is 24.8 Å². The van der Waals surface area contributed by atoms with Gasteiger partial charge in [0, 0.05) is 38.6 Å². The van der Waals surface area contributed by atoms with E-state index in [1.54, 1.807) is 0 Å². The molecule has 1 N–H and O–H groups in total. The predicted octanol–water partition coefficient (Wildman–Crippen LogP) is 1.76. The number of rotatable bonds is 2. The number of hydrogen-bond donors (Lipinski definition) is 1. The Morgan fingerprint density at radius 2 is 1.82 bits per heavy atom. The second-order valence-electron chi connectivity index (χ2n) is 3.85. The standard InChI is InChI=1S/C11H16N4.2ClH/c1-15(2)11-13-7-10(8-14-11)9-3-5-12-6-4-9;;/h3,7-8,12H,4-6H2,1-2H3;2*1H. The summed E-state index contributed by atoms with van der Waals surface area (Å²) in [6.45, 7) is 1.99. The van der Waals surface area contributed by atoms with Gasteiger partial charge >= 0.3 is 0 Å². The van der Waals surface area contributed by atoms with Crippen LogP contribution in [0.4, 0.5) is 5.95 Å². The zero-order chi connectivity index (χ0) is 10.7. The minimum Gasteiger partial charge on any atom is -0.347 e. The van der Waals surface area contributed by atoms with Crippen molar-refractivity contribution in [2.45, 2.75) is 6.42 Å². The van der Waals surface area contributed by atoms with E-state index < -0.39 is 0 Å². The molecule has 0 amide bonds. The number of hydrogen-bond acceptors (Lipinski definition) is 4. The number of nitrogens with one attached hydrogen (secondary N) is 1. The minimum absolute atomic E-state index is 0. The lowest BCUT2D eigenvalue weighted by Gasteiger charge is -2.14. The van der Waals surface area contributed by atoms with Crippen LogP contribution in [0, 0.1) is 0 Å². The quantitative estimate of drug-likeness (QED) is 0.894. The molecule has 96 valence electrons. The second-order valence-corrected chi connectivity index (χ2v) is 3.85. The molecule has 0 spiro atoms. The van der Waals surface area contributed by atoms with Gasteiger partial charge in [0.2, 0.25) is 5.95 Å². The van der Waals surface area contributed by atoms with Crippen LogP contribution in [0.1, 0.15) is 12.0 Å². The fraction of sp³-hybridized carbons (Fsp3) is 0.455. The first-order valence-electron chi connectivity index (χ1n) is 5.17. The van der Waals surface area contributed by atoms with Gasteiger partial charge in [-0.3, -0.25) is 0 Å². The molecule has 0 saturated heterocycles. The second kappa shape index (κ2) is 7.48. The summed E-state index contributed by atoms with van der Waals surface area (Å²) in [6.07, 6.45) is 7.07. The Kier molecular flexibility index (Phi) is 7.11.